The average Bonchev–Trinajstić information content (AvgIpc) is 3.39. The van der Waals surface area contributed by atoms with Gasteiger partial charge in [0, 0.05) is 18.9 Å². The average molecular weight is 500 g/mol. The van der Waals surface area contributed by atoms with Crippen LogP contribution >= 0.6 is 0 Å². The van der Waals surface area contributed by atoms with E-state index in [9.17, 15) is 52.7 Å². The molecule has 0 bridgehead atoms. The number of epoxide rings is 1. The van der Waals surface area contributed by atoms with E-state index in [0.29, 0.717) is 0 Å². The maximum atomic E-state index is 13.8. The molecule has 1 heterocycles. The summed E-state index contributed by atoms with van der Waals surface area (Å²) < 4.78 is 176. The number of hydrogen-bond donors (Lipinski definition) is 0. The lowest BCUT2D eigenvalue weighted by Gasteiger charge is -2.43. The third kappa shape index (κ3) is 4.65. The van der Waals surface area contributed by atoms with Gasteiger partial charge >= 0.3 is 24.7 Å². The predicted octanol–water partition coefficient (Wildman–Crippen LogP) is 5.97. The van der Waals surface area contributed by atoms with Crippen LogP contribution in [-0.4, -0.2) is 62.3 Å². The molecule has 0 aromatic heterocycles. The van der Waals surface area contributed by atoms with Crippen molar-refractivity contribution in [2.45, 2.75) is 74.1 Å². The van der Waals surface area contributed by atoms with Crippen LogP contribution in [0.15, 0.2) is 0 Å². The molecule has 2 aliphatic rings. The SMILES string of the molecule is COC(C1CCCC(C(OCC2CO2)(C(F)(F)F)C(F)(F)F)CC1)(C(F)(F)F)C(F)(F)F. The fourth-order valence-corrected chi connectivity index (χ4v) is 4.43. The first-order chi connectivity index (χ1) is 14.3. The third-order valence-electron chi connectivity index (χ3n) is 6.02. The van der Waals surface area contributed by atoms with Gasteiger partial charge in [-0.25, -0.2) is 0 Å². The standard InChI is InChI=1S/C17H20F12O3/c1-30-12(14(18,19)20,15(21,22)23)9-3-2-4-10(6-5-9)13(16(24,25)26,17(27,28)29)32-8-11-7-31-11/h9-11H,2-8H2,1H3. The lowest BCUT2D eigenvalue weighted by atomic mass is 9.77. The van der Waals surface area contributed by atoms with Gasteiger partial charge in [0.25, 0.3) is 11.2 Å². The molecule has 0 N–H and O–H groups in total. The highest BCUT2D eigenvalue weighted by atomic mass is 19.4. The molecule has 3 unspecified atom stereocenters. The summed E-state index contributed by atoms with van der Waals surface area (Å²) in [4.78, 5) is 0. The van der Waals surface area contributed by atoms with Gasteiger partial charge in [-0.1, -0.05) is 6.42 Å². The Hall–Kier alpha value is -0.960. The second-order valence-electron chi connectivity index (χ2n) is 7.83. The van der Waals surface area contributed by atoms with E-state index in [-0.39, 0.29) is 13.7 Å². The summed E-state index contributed by atoms with van der Waals surface area (Å²) in [6.07, 6.45) is -30.2. The van der Waals surface area contributed by atoms with Crippen molar-refractivity contribution in [3.05, 3.63) is 0 Å². The van der Waals surface area contributed by atoms with Gasteiger partial charge in [0.15, 0.2) is 0 Å². The van der Waals surface area contributed by atoms with Gasteiger partial charge in [-0.2, -0.15) is 52.7 Å². The third-order valence-corrected chi connectivity index (χ3v) is 6.02. The molecule has 1 aliphatic heterocycles. The van der Waals surface area contributed by atoms with Crippen LogP contribution in [0.25, 0.3) is 0 Å². The first-order valence-electron chi connectivity index (χ1n) is 9.42. The Morgan fingerprint density at radius 1 is 0.656 bits per heavy atom. The van der Waals surface area contributed by atoms with Crippen molar-refractivity contribution in [2.24, 2.45) is 11.8 Å². The van der Waals surface area contributed by atoms with Crippen LogP contribution in [0.3, 0.4) is 0 Å². The van der Waals surface area contributed by atoms with E-state index in [0.717, 1.165) is 0 Å². The number of methoxy groups -OCH3 is 1. The van der Waals surface area contributed by atoms with Crippen LogP contribution in [-0.2, 0) is 14.2 Å². The zero-order chi connectivity index (χ0) is 24.8. The van der Waals surface area contributed by atoms with Crippen LogP contribution in [0.4, 0.5) is 52.7 Å². The molecule has 0 aromatic carbocycles. The zero-order valence-electron chi connectivity index (χ0n) is 16.4. The molecule has 1 aliphatic carbocycles. The van der Waals surface area contributed by atoms with Gasteiger partial charge in [-0.3, -0.25) is 0 Å². The number of alkyl halides is 12. The summed E-state index contributed by atoms with van der Waals surface area (Å²) in [6.45, 7) is -1.21. The quantitative estimate of drug-likeness (QED) is 0.256. The molecule has 1 saturated heterocycles. The summed E-state index contributed by atoms with van der Waals surface area (Å²) in [7, 11) is 0.151. The highest BCUT2D eigenvalue weighted by molar-refractivity contribution is 5.06. The summed E-state index contributed by atoms with van der Waals surface area (Å²) in [5.74, 6) is -4.90. The molecule has 32 heavy (non-hydrogen) atoms. The molecule has 2 rings (SSSR count). The van der Waals surface area contributed by atoms with E-state index in [2.05, 4.69) is 14.2 Å². The van der Waals surface area contributed by atoms with E-state index >= 15 is 0 Å². The van der Waals surface area contributed by atoms with Crippen molar-refractivity contribution < 1.29 is 66.9 Å². The number of hydrogen-bond acceptors (Lipinski definition) is 3. The summed E-state index contributed by atoms with van der Waals surface area (Å²) in [5.41, 5.74) is -9.48. The van der Waals surface area contributed by atoms with E-state index < -0.39 is 92.6 Å². The smallest absolute Gasteiger partial charge is 0.371 e. The van der Waals surface area contributed by atoms with E-state index in [1.165, 1.54) is 0 Å². The van der Waals surface area contributed by atoms with Crippen LogP contribution < -0.4 is 0 Å². The Balaban J connectivity index is 2.43. The van der Waals surface area contributed by atoms with Crippen molar-refractivity contribution >= 4 is 0 Å². The normalized spacial score (nSPS) is 26.7. The van der Waals surface area contributed by atoms with Crippen molar-refractivity contribution in [2.75, 3.05) is 20.3 Å². The molecule has 190 valence electrons. The number of ether oxygens (including phenoxy) is 3. The van der Waals surface area contributed by atoms with Crippen LogP contribution in [0.2, 0.25) is 0 Å². The molecule has 15 heteroatoms. The minimum Gasteiger partial charge on any atom is -0.371 e. The molecule has 0 aromatic rings. The van der Waals surface area contributed by atoms with Gasteiger partial charge in [0.2, 0.25) is 0 Å². The molecule has 3 atom stereocenters. The summed E-state index contributed by atoms with van der Waals surface area (Å²) in [6, 6.07) is 0. The Morgan fingerprint density at radius 3 is 1.34 bits per heavy atom. The maximum absolute atomic E-state index is 13.8. The first kappa shape index (κ1) is 27.3. The Bertz CT molecular complexity index is 605. The number of rotatable bonds is 6. The van der Waals surface area contributed by atoms with Gasteiger partial charge in [0.1, 0.15) is 6.10 Å². The first-order valence-corrected chi connectivity index (χ1v) is 9.42. The largest absolute Gasteiger partial charge is 0.426 e. The van der Waals surface area contributed by atoms with E-state index in [1.54, 1.807) is 0 Å². The van der Waals surface area contributed by atoms with E-state index in [4.69, 9.17) is 0 Å². The van der Waals surface area contributed by atoms with Gasteiger partial charge in [-0.15, -0.1) is 0 Å². The molecule has 1 saturated carbocycles. The summed E-state index contributed by atoms with van der Waals surface area (Å²) in [5, 5.41) is 0. The van der Waals surface area contributed by atoms with E-state index in [1.807, 2.05) is 0 Å². The Kier molecular flexibility index (Phi) is 7.40. The minimum absolute atomic E-state index is 0.133. The molecule has 2 fully saturated rings. The molecule has 0 radical (unpaired) electrons. The highest BCUT2D eigenvalue weighted by Gasteiger charge is 2.77. The maximum Gasteiger partial charge on any atom is 0.426 e. The van der Waals surface area contributed by atoms with Crippen LogP contribution in [0, 0.1) is 11.8 Å². The van der Waals surface area contributed by atoms with Crippen molar-refractivity contribution in [1.29, 1.82) is 0 Å². The van der Waals surface area contributed by atoms with Crippen molar-refractivity contribution in [3.8, 4) is 0 Å². The van der Waals surface area contributed by atoms with Crippen molar-refractivity contribution in [1.82, 2.24) is 0 Å². The van der Waals surface area contributed by atoms with Gasteiger partial charge in [0.05, 0.1) is 13.2 Å². The Morgan fingerprint density at radius 2 is 1.03 bits per heavy atom. The Labute approximate surface area is 174 Å². The zero-order valence-corrected chi connectivity index (χ0v) is 16.4. The molecule has 0 amide bonds. The van der Waals surface area contributed by atoms with Crippen LogP contribution in [0.5, 0.6) is 0 Å². The molecular formula is C17H20F12O3. The van der Waals surface area contributed by atoms with Crippen LogP contribution in [0.1, 0.15) is 32.1 Å². The fraction of sp³-hybridized carbons (Fsp3) is 1.00. The fourth-order valence-electron chi connectivity index (χ4n) is 4.43. The lowest BCUT2D eigenvalue weighted by molar-refractivity contribution is -0.401. The predicted molar refractivity (Wildman–Crippen MR) is 82.4 cm³/mol. The second kappa shape index (κ2) is 8.67. The topological polar surface area (TPSA) is 31.0 Å². The van der Waals surface area contributed by atoms with Crippen molar-refractivity contribution in [3.63, 3.8) is 0 Å². The second-order valence-corrected chi connectivity index (χ2v) is 7.83. The highest BCUT2D eigenvalue weighted by Crippen LogP contribution is 2.58. The molecular weight excluding hydrogens is 480 g/mol. The lowest BCUT2D eigenvalue weighted by Crippen LogP contribution is -2.64. The monoisotopic (exact) mass is 500 g/mol. The van der Waals surface area contributed by atoms with Gasteiger partial charge < -0.3 is 14.2 Å². The molecule has 3 nitrogen and oxygen atoms in total. The summed E-state index contributed by atoms with van der Waals surface area (Å²) >= 11 is 0. The van der Waals surface area contributed by atoms with Gasteiger partial charge in [-0.05, 0) is 25.7 Å². The molecule has 0 spiro atoms. The minimum atomic E-state index is -6.03. The number of halogens is 12.